The lowest BCUT2D eigenvalue weighted by Gasteiger charge is -2.01. The van der Waals surface area contributed by atoms with Gasteiger partial charge in [-0.2, -0.15) is 4.98 Å². The standard InChI is InChI=1S/C15H11BrN2O3/c1-8-5-6-9(7-11(8)16)14-17-15(21-18-14)10-3-2-4-12(19)13(10)20/h2-7,19-20H,1H3. The van der Waals surface area contributed by atoms with Gasteiger partial charge in [0.2, 0.25) is 5.82 Å². The molecule has 0 spiro atoms. The van der Waals surface area contributed by atoms with E-state index in [0.717, 1.165) is 15.6 Å². The summed E-state index contributed by atoms with van der Waals surface area (Å²) < 4.78 is 6.11. The predicted octanol–water partition coefficient (Wildman–Crippen LogP) is 3.89. The van der Waals surface area contributed by atoms with Gasteiger partial charge >= 0.3 is 0 Å². The van der Waals surface area contributed by atoms with Gasteiger partial charge in [0, 0.05) is 10.0 Å². The van der Waals surface area contributed by atoms with Crippen molar-refractivity contribution >= 4 is 15.9 Å². The van der Waals surface area contributed by atoms with Crippen molar-refractivity contribution in [2.24, 2.45) is 0 Å². The Labute approximate surface area is 129 Å². The van der Waals surface area contributed by atoms with Crippen molar-refractivity contribution in [2.75, 3.05) is 0 Å². The maximum atomic E-state index is 9.83. The third kappa shape index (κ3) is 2.50. The Bertz CT molecular complexity index is 814. The molecular weight excluding hydrogens is 336 g/mol. The molecule has 0 bridgehead atoms. The fraction of sp³-hybridized carbons (Fsp3) is 0.0667. The smallest absolute Gasteiger partial charge is 0.262 e. The molecule has 0 amide bonds. The quantitative estimate of drug-likeness (QED) is 0.688. The molecule has 2 N–H and O–H groups in total. The van der Waals surface area contributed by atoms with Crippen molar-refractivity contribution in [1.29, 1.82) is 0 Å². The summed E-state index contributed by atoms with van der Waals surface area (Å²) in [6, 6.07) is 10.3. The van der Waals surface area contributed by atoms with E-state index in [1.165, 1.54) is 6.07 Å². The van der Waals surface area contributed by atoms with E-state index in [2.05, 4.69) is 26.1 Å². The SMILES string of the molecule is Cc1ccc(-c2noc(-c3cccc(O)c3O)n2)cc1Br. The summed E-state index contributed by atoms with van der Waals surface area (Å²) in [6.07, 6.45) is 0. The second-order valence-corrected chi connectivity index (χ2v) is 5.41. The Hall–Kier alpha value is -2.34. The number of hydrogen-bond donors (Lipinski definition) is 2. The van der Waals surface area contributed by atoms with E-state index in [1.807, 2.05) is 25.1 Å². The van der Waals surface area contributed by atoms with Gasteiger partial charge in [-0.15, -0.1) is 0 Å². The predicted molar refractivity (Wildman–Crippen MR) is 80.9 cm³/mol. The van der Waals surface area contributed by atoms with Crippen LogP contribution >= 0.6 is 15.9 Å². The topological polar surface area (TPSA) is 79.4 Å². The van der Waals surface area contributed by atoms with E-state index < -0.39 is 0 Å². The molecular formula is C15H11BrN2O3. The van der Waals surface area contributed by atoms with Crippen LogP contribution in [0.15, 0.2) is 45.4 Å². The van der Waals surface area contributed by atoms with Gasteiger partial charge < -0.3 is 14.7 Å². The molecule has 3 rings (SSSR count). The molecule has 0 saturated carbocycles. The van der Waals surface area contributed by atoms with Crippen LogP contribution in [-0.2, 0) is 0 Å². The maximum Gasteiger partial charge on any atom is 0.262 e. The average Bonchev–Trinajstić information content (AvgIpc) is 2.94. The van der Waals surface area contributed by atoms with Crippen LogP contribution in [0.2, 0.25) is 0 Å². The summed E-state index contributed by atoms with van der Waals surface area (Å²) in [5, 5.41) is 23.2. The average molecular weight is 347 g/mol. The lowest BCUT2D eigenvalue weighted by Crippen LogP contribution is -1.84. The maximum absolute atomic E-state index is 9.83. The third-order valence-electron chi connectivity index (χ3n) is 3.10. The summed E-state index contributed by atoms with van der Waals surface area (Å²) in [4.78, 5) is 4.25. The molecule has 1 heterocycles. The second-order valence-electron chi connectivity index (χ2n) is 4.56. The first-order valence-electron chi connectivity index (χ1n) is 6.18. The van der Waals surface area contributed by atoms with Crippen LogP contribution in [0, 0.1) is 6.92 Å². The van der Waals surface area contributed by atoms with E-state index in [-0.39, 0.29) is 17.4 Å². The van der Waals surface area contributed by atoms with E-state index in [1.54, 1.807) is 12.1 Å². The zero-order valence-corrected chi connectivity index (χ0v) is 12.6. The molecule has 0 unspecified atom stereocenters. The summed E-state index contributed by atoms with van der Waals surface area (Å²) >= 11 is 3.46. The lowest BCUT2D eigenvalue weighted by atomic mass is 10.1. The summed E-state index contributed by atoms with van der Waals surface area (Å²) in [5.41, 5.74) is 2.19. The summed E-state index contributed by atoms with van der Waals surface area (Å²) in [6.45, 7) is 1.99. The van der Waals surface area contributed by atoms with Crippen molar-refractivity contribution in [2.45, 2.75) is 6.92 Å². The normalized spacial score (nSPS) is 10.8. The molecule has 106 valence electrons. The van der Waals surface area contributed by atoms with Crippen molar-refractivity contribution in [3.05, 3.63) is 46.4 Å². The Morgan fingerprint density at radius 2 is 1.95 bits per heavy atom. The number of nitrogens with zero attached hydrogens (tertiary/aromatic N) is 2. The first kappa shape index (κ1) is 13.6. The third-order valence-corrected chi connectivity index (χ3v) is 3.96. The number of halogens is 1. The molecule has 6 heteroatoms. The van der Waals surface area contributed by atoms with Crippen LogP contribution in [0.5, 0.6) is 11.5 Å². The van der Waals surface area contributed by atoms with Crippen LogP contribution in [0.1, 0.15) is 5.56 Å². The van der Waals surface area contributed by atoms with Gasteiger partial charge in [-0.3, -0.25) is 0 Å². The molecule has 0 aliphatic rings. The molecule has 21 heavy (non-hydrogen) atoms. The van der Waals surface area contributed by atoms with Crippen LogP contribution < -0.4 is 0 Å². The second kappa shape index (κ2) is 5.21. The summed E-state index contributed by atoms with van der Waals surface area (Å²) in [7, 11) is 0. The van der Waals surface area contributed by atoms with E-state index in [0.29, 0.717) is 11.4 Å². The minimum Gasteiger partial charge on any atom is -0.504 e. The van der Waals surface area contributed by atoms with Crippen LogP contribution in [-0.4, -0.2) is 20.4 Å². The first-order chi connectivity index (χ1) is 10.1. The minimum absolute atomic E-state index is 0.148. The number of hydrogen-bond acceptors (Lipinski definition) is 5. The Balaban J connectivity index is 2.03. The van der Waals surface area contributed by atoms with Gasteiger partial charge in [-0.1, -0.05) is 39.3 Å². The fourth-order valence-electron chi connectivity index (χ4n) is 1.89. The highest BCUT2D eigenvalue weighted by atomic mass is 79.9. The molecule has 0 aliphatic heterocycles. The fourth-order valence-corrected chi connectivity index (χ4v) is 2.26. The van der Waals surface area contributed by atoms with E-state index in [4.69, 9.17) is 4.52 Å². The highest BCUT2D eigenvalue weighted by molar-refractivity contribution is 9.10. The van der Waals surface area contributed by atoms with Gasteiger partial charge in [0.1, 0.15) is 0 Å². The highest BCUT2D eigenvalue weighted by Gasteiger charge is 2.16. The van der Waals surface area contributed by atoms with Gasteiger partial charge in [0.05, 0.1) is 5.56 Å². The monoisotopic (exact) mass is 346 g/mol. The molecule has 2 aromatic carbocycles. The molecule has 3 aromatic rings. The molecule has 0 radical (unpaired) electrons. The van der Waals surface area contributed by atoms with Crippen molar-refractivity contribution in [1.82, 2.24) is 10.1 Å². The van der Waals surface area contributed by atoms with Crippen LogP contribution in [0.3, 0.4) is 0 Å². The number of rotatable bonds is 2. The number of phenolic OH excluding ortho intramolecular Hbond substituents is 2. The van der Waals surface area contributed by atoms with Crippen LogP contribution in [0.4, 0.5) is 0 Å². The van der Waals surface area contributed by atoms with Crippen molar-refractivity contribution in [3.63, 3.8) is 0 Å². The Kier molecular flexibility index (Phi) is 3.39. The van der Waals surface area contributed by atoms with Gasteiger partial charge in [-0.25, -0.2) is 0 Å². The van der Waals surface area contributed by atoms with E-state index in [9.17, 15) is 10.2 Å². The molecule has 0 aliphatic carbocycles. The molecule has 0 saturated heterocycles. The molecule has 0 atom stereocenters. The van der Waals surface area contributed by atoms with Crippen molar-refractivity contribution in [3.8, 4) is 34.3 Å². The summed E-state index contributed by atoms with van der Waals surface area (Å²) in [5.74, 6) is 0.0478. The first-order valence-corrected chi connectivity index (χ1v) is 6.97. The van der Waals surface area contributed by atoms with Crippen molar-refractivity contribution < 1.29 is 14.7 Å². The molecule has 5 nitrogen and oxygen atoms in total. The number of para-hydroxylation sites is 1. The van der Waals surface area contributed by atoms with E-state index >= 15 is 0 Å². The largest absolute Gasteiger partial charge is 0.504 e. The van der Waals surface area contributed by atoms with Crippen LogP contribution in [0.25, 0.3) is 22.8 Å². The number of phenols is 2. The number of aromatic hydroxyl groups is 2. The molecule has 1 aromatic heterocycles. The number of aromatic nitrogens is 2. The zero-order valence-electron chi connectivity index (χ0n) is 11.0. The zero-order chi connectivity index (χ0) is 15.0. The Morgan fingerprint density at radius 3 is 2.71 bits per heavy atom. The minimum atomic E-state index is -0.280. The van der Waals surface area contributed by atoms with Gasteiger partial charge in [-0.05, 0) is 30.7 Å². The number of benzene rings is 2. The lowest BCUT2D eigenvalue weighted by molar-refractivity contribution is 0.397. The number of aryl methyl sites for hydroxylation is 1. The van der Waals surface area contributed by atoms with Gasteiger partial charge in [0.25, 0.3) is 5.89 Å². The molecule has 0 fully saturated rings. The Morgan fingerprint density at radius 1 is 1.14 bits per heavy atom. The highest BCUT2D eigenvalue weighted by Crippen LogP contribution is 2.36. The van der Waals surface area contributed by atoms with Gasteiger partial charge in [0.15, 0.2) is 11.5 Å².